The van der Waals surface area contributed by atoms with Crippen molar-refractivity contribution in [3.05, 3.63) is 28.8 Å². The van der Waals surface area contributed by atoms with Crippen LogP contribution >= 0.6 is 11.6 Å². The van der Waals surface area contributed by atoms with Crippen molar-refractivity contribution in [2.45, 2.75) is 19.4 Å². The SMILES string of the molecule is COc1ccc(C(=O)CN2CCC(C)C2CO)cc1Cl. The Morgan fingerprint density at radius 1 is 1.55 bits per heavy atom. The third kappa shape index (κ3) is 3.14. The summed E-state index contributed by atoms with van der Waals surface area (Å²) in [6.45, 7) is 3.37. The van der Waals surface area contributed by atoms with E-state index in [9.17, 15) is 9.90 Å². The molecule has 0 aromatic heterocycles. The lowest BCUT2D eigenvalue weighted by Crippen LogP contribution is -2.38. The second kappa shape index (κ2) is 6.57. The summed E-state index contributed by atoms with van der Waals surface area (Å²) in [4.78, 5) is 14.3. The van der Waals surface area contributed by atoms with Gasteiger partial charge in [0.25, 0.3) is 0 Å². The monoisotopic (exact) mass is 297 g/mol. The van der Waals surface area contributed by atoms with Crippen LogP contribution in [0.3, 0.4) is 0 Å². The number of ether oxygens (including phenoxy) is 1. The van der Waals surface area contributed by atoms with Crippen molar-refractivity contribution in [3.63, 3.8) is 0 Å². The van der Waals surface area contributed by atoms with E-state index in [0.29, 0.717) is 28.8 Å². The predicted molar refractivity (Wildman–Crippen MR) is 78.6 cm³/mol. The van der Waals surface area contributed by atoms with Gasteiger partial charge in [-0.2, -0.15) is 0 Å². The third-order valence-electron chi connectivity index (χ3n) is 4.01. The van der Waals surface area contributed by atoms with Gasteiger partial charge < -0.3 is 9.84 Å². The number of hydrogen-bond acceptors (Lipinski definition) is 4. The van der Waals surface area contributed by atoms with Gasteiger partial charge in [-0.05, 0) is 37.1 Å². The largest absolute Gasteiger partial charge is 0.495 e. The molecule has 20 heavy (non-hydrogen) atoms. The van der Waals surface area contributed by atoms with Crippen LogP contribution in [0.2, 0.25) is 5.02 Å². The summed E-state index contributed by atoms with van der Waals surface area (Å²) < 4.78 is 5.07. The van der Waals surface area contributed by atoms with Crippen molar-refractivity contribution in [2.24, 2.45) is 5.92 Å². The van der Waals surface area contributed by atoms with Crippen LogP contribution in [0, 0.1) is 5.92 Å². The van der Waals surface area contributed by atoms with Gasteiger partial charge in [-0.25, -0.2) is 0 Å². The molecule has 0 saturated carbocycles. The summed E-state index contributed by atoms with van der Waals surface area (Å²) in [6.07, 6.45) is 1.02. The molecule has 1 saturated heterocycles. The van der Waals surface area contributed by atoms with Crippen LogP contribution in [0.1, 0.15) is 23.7 Å². The van der Waals surface area contributed by atoms with Crippen molar-refractivity contribution in [1.82, 2.24) is 4.90 Å². The summed E-state index contributed by atoms with van der Waals surface area (Å²) in [7, 11) is 1.54. The number of aliphatic hydroxyl groups excluding tert-OH is 1. The molecule has 110 valence electrons. The maximum Gasteiger partial charge on any atom is 0.176 e. The molecule has 1 heterocycles. The second-order valence-electron chi connectivity index (χ2n) is 5.26. The van der Waals surface area contributed by atoms with Gasteiger partial charge in [-0.1, -0.05) is 18.5 Å². The molecule has 2 unspecified atom stereocenters. The Labute approximate surface area is 124 Å². The summed E-state index contributed by atoms with van der Waals surface area (Å²) in [5.74, 6) is 1.00. The smallest absolute Gasteiger partial charge is 0.176 e. The number of carbonyl (C=O) groups is 1. The van der Waals surface area contributed by atoms with Gasteiger partial charge in [0.1, 0.15) is 5.75 Å². The van der Waals surface area contributed by atoms with Crippen molar-refractivity contribution in [2.75, 3.05) is 26.8 Å². The van der Waals surface area contributed by atoms with E-state index >= 15 is 0 Å². The highest BCUT2D eigenvalue weighted by molar-refractivity contribution is 6.32. The molecule has 0 bridgehead atoms. The van der Waals surface area contributed by atoms with Gasteiger partial charge in [0.2, 0.25) is 0 Å². The maximum atomic E-state index is 12.3. The molecule has 5 heteroatoms. The Bertz CT molecular complexity index is 492. The first-order valence-electron chi connectivity index (χ1n) is 6.78. The minimum Gasteiger partial charge on any atom is -0.495 e. The molecular formula is C15H20ClNO3. The number of carbonyl (C=O) groups excluding carboxylic acids is 1. The average molecular weight is 298 g/mol. The van der Waals surface area contributed by atoms with Gasteiger partial charge in [0, 0.05) is 11.6 Å². The number of rotatable bonds is 5. The zero-order valence-corrected chi connectivity index (χ0v) is 12.6. The van der Waals surface area contributed by atoms with Gasteiger partial charge in [-0.15, -0.1) is 0 Å². The van der Waals surface area contributed by atoms with Crippen molar-refractivity contribution < 1.29 is 14.6 Å². The second-order valence-corrected chi connectivity index (χ2v) is 5.67. The maximum absolute atomic E-state index is 12.3. The predicted octanol–water partition coefficient (Wildman–Crippen LogP) is 2.23. The number of benzene rings is 1. The Balaban J connectivity index is 2.07. The highest BCUT2D eigenvalue weighted by Crippen LogP contribution is 2.27. The molecular weight excluding hydrogens is 278 g/mol. The summed E-state index contributed by atoms with van der Waals surface area (Å²) >= 11 is 6.04. The van der Waals surface area contributed by atoms with E-state index < -0.39 is 0 Å². The number of likely N-dealkylation sites (tertiary alicyclic amines) is 1. The number of ketones is 1. The fourth-order valence-electron chi connectivity index (χ4n) is 2.69. The van der Waals surface area contributed by atoms with Gasteiger partial charge in [0.15, 0.2) is 5.78 Å². The first kappa shape index (κ1) is 15.3. The lowest BCUT2D eigenvalue weighted by atomic mass is 10.0. The molecule has 0 amide bonds. The fourth-order valence-corrected chi connectivity index (χ4v) is 2.95. The molecule has 2 rings (SSSR count). The number of Topliss-reactive ketones (excluding diaryl/α,β-unsaturated/α-hetero) is 1. The van der Waals surface area contributed by atoms with E-state index in [4.69, 9.17) is 16.3 Å². The number of aliphatic hydroxyl groups is 1. The van der Waals surface area contributed by atoms with Crippen molar-refractivity contribution in [1.29, 1.82) is 0 Å². The number of hydrogen-bond donors (Lipinski definition) is 1. The van der Waals surface area contributed by atoms with Crippen LogP contribution in [0.5, 0.6) is 5.75 Å². The van der Waals surface area contributed by atoms with E-state index in [2.05, 4.69) is 6.92 Å². The first-order valence-corrected chi connectivity index (χ1v) is 7.16. The molecule has 1 aromatic rings. The van der Waals surface area contributed by atoms with Crippen LogP contribution in [-0.4, -0.2) is 48.6 Å². The fraction of sp³-hybridized carbons (Fsp3) is 0.533. The molecule has 1 N–H and O–H groups in total. The molecule has 0 spiro atoms. The van der Waals surface area contributed by atoms with Gasteiger partial charge >= 0.3 is 0 Å². The van der Waals surface area contributed by atoms with Crippen LogP contribution in [0.15, 0.2) is 18.2 Å². The lowest BCUT2D eigenvalue weighted by Gasteiger charge is -2.24. The highest BCUT2D eigenvalue weighted by Gasteiger charge is 2.31. The van der Waals surface area contributed by atoms with Crippen LogP contribution in [0.4, 0.5) is 0 Å². The van der Waals surface area contributed by atoms with E-state index in [1.54, 1.807) is 25.3 Å². The Morgan fingerprint density at radius 2 is 2.30 bits per heavy atom. The summed E-state index contributed by atoms with van der Waals surface area (Å²) in [6, 6.07) is 5.13. The Hall–Kier alpha value is -1.10. The first-order chi connectivity index (χ1) is 9.56. The molecule has 1 aromatic carbocycles. The van der Waals surface area contributed by atoms with Crippen LogP contribution in [0.25, 0.3) is 0 Å². The summed E-state index contributed by atoms with van der Waals surface area (Å²) in [5, 5.41) is 9.85. The minimum absolute atomic E-state index is 0.0158. The van der Waals surface area contributed by atoms with Crippen molar-refractivity contribution in [3.8, 4) is 5.75 Å². The minimum atomic E-state index is 0.0158. The summed E-state index contributed by atoms with van der Waals surface area (Å²) in [5.41, 5.74) is 0.576. The molecule has 1 aliphatic heterocycles. The topological polar surface area (TPSA) is 49.8 Å². The van der Waals surface area contributed by atoms with E-state index in [-0.39, 0.29) is 18.4 Å². The quantitative estimate of drug-likeness (QED) is 0.847. The van der Waals surface area contributed by atoms with E-state index in [1.165, 1.54) is 0 Å². The molecule has 4 nitrogen and oxygen atoms in total. The molecule has 0 aliphatic carbocycles. The lowest BCUT2D eigenvalue weighted by molar-refractivity contribution is 0.0866. The van der Waals surface area contributed by atoms with Gasteiger partial charge in [-0.3, -0.25) is 9.69 Å². The van der Waals surface area contributed by atoms with Crippen LogP contribution < -0.4 is 4.74 Å². The highest BCUT2D eigenvalue weighted by atomic mass is 35.5. The standard InChI is InChI=1S/C15H20ClNO3/c1-10-5-6-17(13(10)9-18)8-14(19)11-3-4-15(20-2)12(16)7-11/h3-4,7,10,13,18H,5-6,8-9H2,1-2H3. The Morgan fingerprint density at radius 3 is 2.90 bits per heavy atom. The Kier molecular flexibility index (Phi) is 5.02. The van der Waals surface area contributed by atoms with Crippen molar-refractivity contribution >= 4 is 17.4 Å². The molecule has 1 aliphatic rings. The van der Waals surface area contributed by atoms with E-state index in [0.717, 1.165) is 13.0 Å². The zero-order chi connectivity index (χ0) is 14.7. The van der Waals surface area contributed by atoms with Gasteiger partial charge in [0.05, 0.1) is 25.3 Å². The zero-order valence-electron chi connectivity index (χ0n) is 11.8. The number of methoxy groups -OCH3 is 1. The van der Waals surface area contributed by atoms with E-state index in [1.807, 2.05) is 4.90 Å². The molecule has 1 fully saturated rings. The number of nitrogens with zero attached hydrogens (tertiary/aromatic N) is 1. The molecule has 0 radical (unpaired) electrons. The number of halogens is 1. The normalized spacial score (nSPS) is 23.0. The third-order valence-corrected chi connectivity index (χ3v) is 4.30. The average Bonchev–Trinajstić information content (AvgIpc) is 2.78. The van der Waals surface area contributed by atoms with Crippen LogP contribution in [-0.2, 0) is 0 Å². The molecule has 2 atom stereocenters.